The summed E-state index contributed by atoms with van der Waals surface area (Å²) in [6.45, 7) is 3.34. The lowest BCUT2D eigenvalue weighted by atomic mass is 9.95. The number of rotatable bonds is 3. The number of imidazole rings is 1. The summed E-state index contributed by atoms with van der Waals surface area (Å²) in [5, 5.41) is 0. The minimum atomic E-state index is 0.0530. The number of aromatic nitrogens is 4. The van der Waals surface area contributed by atoms with Gasteiger partial charge in [0.15, 0.2) is 0 Å². The number of likely N-dealkylation sites (tertiary alicyclic amines) is 1. The van der Waals surface area contributed by atoms with Gasteiger partial charge in [-0.2, -0.15) is 0 Å². The third kappa shape index (κ3) is 3.50. The number of carbonyl (C=O) groups is 1. The molecule has 2 aromatic heterocycles. The van der Waals surface area contributed by atoms with E-state index in [1.54, 1.807) is 24.8 Å². The predicted molar refractivity (Wildman–Crippen MR) is 94.0 cm³/mol. The molecule has 2 aliphatic rings. The summed E-state index contributed by atoms with van der Waals surface area (Å²) in [7, 11) is 0. The molecule has 0 aromatic carbocycles. The van der Waals surface area contributed by atoms with Gasteiger partial charge in [0.25, 0.3) is 0 Å². The molecule has 4 rings (SSSR count). The molecule has 2 aromatic rings. The van der Waals surface area contributed by atoms with Crippen molar-refractivity contribution in [3.63, 3.8) is 0 Å². The van der Waals surface area contributed by atoms with Gasteiger partial charge in [-0.05, 0) is 25.7 Å². The molecule has 1 amide bonds. The molecule has 4 heterocycles. The molecule has 0 radical (unpaired) electrons. The van der Waals surface area contributed by atoms with Crippen LogP contribution in [0.2, 0.25) is 0 Å². The first-order valence-electron chi connectivity index (χ1n) is 9.08. The summed E-state index contributed by atoms with van der Waals surface area (Å²) in [4.78, 5) is 30.0. The highest BCUT2D eigenvalue weighted by atomic mass is 16.2. The van der Waals surface area contributed by atoms with E-state index in [2.05, 4.69) is 29.3 Å². The van der Waals surface area contributed by atoms with Crippen LogP contribution in [0.15, 0.2) is 37.3 Å². The van der Waals surface area contributed by atoms with Crippen molar-refractivity contribution in [3.8, 4) is 0 Å². The Balaban J connectivity index is 1.41. The van der Waals surface area contributed by atoms with E-state index in [0.29, 0.717) is 11.9 Å². The highest BCUT2D eigenvalue weighted by molar-refractivity contribution is 5.80. The highest BCUT2D eigenvalue weighted by Crippen LogP contribution is 2.26. The van der Waals surface area contributed by atoms with E-state index in [1.807, 2.05) is 12.5 Å². The van der Waals surface area contributed by atoms with Gasteiger partial charge < -0.3 is 14.4 Å². The van der Waals surface area contributed by atoms with Crippen LogP contribution in [-0.4, -0.2) is 56.5 Å². The Morgan fingerprint density at radius 2 is 1.96 bits per heavy atom. The van der Waals surface area contributed by atoms with Gasteiger partial charge >= 0.3 is 0 Å². The molecule has 7 heteroatoms. The minimum absolute atomic E-state index is 0.0530. The lowest BCUT2D eigenvalue weighted by Gasteiger charge is -2.38. The maximum Gasteiger partial charge on any atom is 0.227 e. The SMILES string of the molecule is O=C([C@H]1CCCN(c2cnccn2)C1)N1CCC[C@@H](n2ccnc2)C1. The Bertz CT molecular complexity index is 689. The summed E-state index contributed by atoms with van der Waals surface area (Å²) in [6, 6.07) is 0.347. The fraction of sp³-hybridized carbons (Fsp3) is 0.556. The van der Waals surface area contributed by atoms with E-state index >= 15 is 0 Å². The molecule has 0 N–H and O–H groups in total. The second-order valence-electron chi connectivity index (χ2n) is 6.94. The monoisotopic (exact) mass is 340 g/mol. The number of carbonyl (C=O) groups excluding carboxylic acids is 1. The molecule has 132 valence electrons. The Morgan fingerprint density at radius 3 is 2.76 bits per heavy atom. The largest absolute Gasteiger partial charge is 0.355 e. The third-order valence-corrected chi connectivity index (χ3v) is 5.30. The fourth-order valence-corrected chi connectivity index (χ4v) is 3.98. The molecule has 0 spiro atoms. The molecule has 2 saturated heterocycles. The molecular formula is C18H24N6O. The maximum absolute atomic E-state index is 13.1. The van der Waals surface area contributed by atoms with Crippen molar-refractivity contribution in [1.29, 1.82) is 0 Å². The first kappa shape index (κ1) is 16.1. The van der Waals surface area contributed by atoms with Crippen molar-refractivity contribution in [3.05, 3.63) is 37.3 Å². The highest BCUT2D eigenvalue weighted by Gasteiger charge is 2.32. The molecule has 2 fully saturated rings. The number of hydrogen-bond acceptors (Lipinski definition) is 5. The van der Waals surface area contributed by atoms with Crippen LogP contribution in [0.3, 0.4) is 0 Å². The molecule has 0 bridgehead atoms. The summed E-state index contributed by atoms with van der Waals surface area (Å²) in [6.07, 6.45) is 15.0. The number of nitrogens with zero attached hydrogens (tertiary/aromatic N) is 6. The Kier molecular flexibility index (Phi) is 4.63. The summed E-state index contributed by atoms with van der Waals surface area (Å²) in [5.74, 6) is 1.21. The number of piperidine rings is 2. The van der Waals surface area contributed by atoms with Gasteiger partial charge in [0, 0.05) is 51.0 Å². The van der Waals surface area contributed by atoms with Crippen molar-refractivity contribution in [2.75, 3.05) is 31.1 Å². The van der Waals surface area contributed by atoms with Gasteiger partial charge in [-0.3, -0.25) is 9.78 Å². The van der Waals surface area contributed by atoms with Gasteiger partial charge in [-0.25, -0.2) is 9.97 Å². The van der Waals surface area contributed by atoms with Crippen LogP contribution in [0.4, 0.5) is 5.82 Å². The second-order valence-corrected chi connectivity index (χ2v) is 6.94. The van der Waals surface area contributed by atoms with E-state index in [1.165, 1.54) is 0 Å². The first-order valence-corrected chi connectivity index (χ1v) is 9.08. The van der Waals surface area contributed by atoms with E-state index in [9.17, 15) is 4.79 Å². The number of hydrogen-bond donors (Lipinski definition) is 0. The van der Waals surface area contributed by atoms with Crippen molar-refractivity contribution in [2.24, 2.45) is 5.92 Å². The average Bonchev–Trinajstić information content (AvgIpc) is 3.23. The van der Waals surface area contributed by atoms with Crippen LogP contribution in [0.25, 0.3) is 0 Å². The molecule has 7 nitrogen and oxygen atoms in total. The zero-order valence-corrected chi connectivity index (χ0v) is 14.4. The first-order chi connectivity index (χ1) is 12.3. The number of anilines is 1. The van der Waals surface area contributed by atoms with Gasteiger partial charge in [-0.15, -0.1) is 0 Å². The number of amides is 1. The lowest BCUT2D eigenvalue weighted by Crippen LogP contribution is -2.48. The Hall–Kier alpha value is -2.44. The quantitative estimate of drug-likeness (QED) is 0.852. The van der Waals surface area contributed by atoms with Crippen molar-refractivity contribution in [2.45, 2.75) is 31.7 Å². The van der Waals surface area contributed by atoms with Gasteiger partial charge in [-0.1, -0.05) is 0 Å². The summed E-state index contributed by atoms with van der Waals surface area (Å²) in [5.41, 5.74) is 0. The molecule has 0 unspecified atom stereocenters. The Labute approximate surface area is 147 Å². The maximum atomic E-state index is 13.1. The lowest BCUT2D eigenvalue weighted by molar-refractivity contribution is -0.137. The van der Waals surface area contributed by atoms with Crippen molar-refractivity contribution < 1.29 is 4.79 Å². The zero-order valence-electron chi connectivity index (χ0n) is 14.4. The minimum Gasteiger partial charge on any atom is -0.355 e. The topological polar surface area (TPSA) is 67.2 Å². The van der Waals surface area contributed by atoms with Crippen LogP contribution >= 0.6 is 0 Å². The standard InChI is InChI=1S/C18H24N6O/c25-18(23-9-2-4-16(13-23)24-10-7-20-14-24)15-3-1-8-22(12-15)17-11-19-5-6-21-17/h5-7,10-11,14-16H,1-4,8-9,12-13H2/t15-,16+/m0/s1. The van der Waals surface area contributed by atoms with E-state index in [4.69, 9.17) is 0 Å². The summed E-state index contributed by atoms with van der Waals surface area (Å²) >= 11 is 0. The Morgan fingerprint density at radius 1 is 1.04 bits per heavy atom. The van der Waals surface area contributed by atoms with Crippen LogP contribution in [-0.2, 0) is 4.79 Å². The normalized spacial score (nSPS) is 24.3. The molecule has 2 aliphatic heterocycles. The van der Waals surface area contributed by atoms with Crippen LogP contribution in [0, 0.1) is 5.92 Å². The van der Waals surface area contributed by atoms with Crippen molar-refractivity contribution in [1.82, 2.24) is 24.4 Å². The van der Waals surface area contributed by atoms with E-state index < -0.39 is 0 Å². The molecule has 0 saturated carbocycles. The van der Waals surface area contributed by atoms with Gasteiger partial charge in [0.05, 0.1) is 24.5 Å². The second kappa shape index (κ2) is 7.21. The van der Waals surface area contributed by atoms with Crippen LogP contribution in [0.1, 0.15) is 31.7 Å². The smallest absolute Gasteiger partial charge is 0.227 e. The summed E-state index contributed by atoms with van der Waals surface area (Å²) < 4.78 is 2.13. The predicted octanol–water partition coefficient (Wildman–Crippen LogP) is 1.75. The van der Waals surface area contributed by atoms with Gasteiger partial charge in [0.2, 0.25) is 5.91 Å². The van der Waals surface area contributed by atoms with Crippen LogP contribution in [0.5, 0.6) is 0 Å². The van der Waals surface area contributed by atoms with Crippen molar-refractivity contribution >= 4 is 11.7 Å². The molecule has 0 aliphatic carbocycles. The molecule has 25 heavy (non-hydrogen) atoms. The molecular weight excluding hydrogens is 316 g/mol. The van der Waals surface area contributed by atoms with Gasteiger partial charge in [0.1, 0.15) is 5.82 Å². The third-order valence-electron chi connectivity index (χ3n) is 5.30. The van der Waals surface area contributed by atoms with E-state index in [-0.39, 0.29) is 5.92 Å². The van der Waals surface area contributed by atoms with Crippen LogP contribution < -0.4 is 4.90 Å². The average molecular weight is 340 g/mol. The zero-order chi connectivity index (χ0) is 17.1. The fourth-order valence-electron chi connectivity index (χ4n) is 3.98. The van der Waals surface area contributed by atoms with E-state index in [0.717, 1.165) is 57.7 Å². The molecule has 2 atom stereocenters.